The number of phenols is 1. The van der Waals surface area contributed by atoms with Crippen molar-refractivity contribution in [1.82, 2.24) is 5.32 Å². The highest BCUT2D eigenvalue weighted by Crippen LogP contribution is 2.27. The molecule has 2 rings (SSSR count). The zero-order valence-electron chi connectivity index (χ0n) is 11.8. The lowest BCUT2D eigenvalue weighted by molar-refractivity contribution is -0.118. The van der Waals surface area contributed by atoms with Crippen molar-refractivity contribution in [2.45, 2.75) is 17.7 Å². The molecule has 0 aromatic heterocycles. The summed E-state index contributed by atoms with van der Waals surface area (Å²) in [4.78, 5) is 12.5. The Kier molecular flexibility index (Phi) is 6.16. The summed E-state index contributed by atoms with van der Waals surface area (Å²) in [6, 6.07) is 17.3. The third-order valence-electron chi connectivity index (χ3n) is 3.03. The molecule has 2 N–H and O–H groups in total. The van der Waals surface area contributed by atoms with Crippen LogP contribution in [0.2, 0.25) is 0 Å². The monoisotopic (exact) mass is 301 g/mol. The predicted octanol–water partition coefficient (Wildman–Crippen LogP) is 3.23. The summed E-state index contributed by atoms with van der Waals surface area (Å²) in [5, 5.41) is 12.5. The Morgan fingerprint density at radius 2 is 1.76 bits per heavy atom. The maximum atomic E-state index is 11.7. The van der Waals surface area contributed by atoms with Crippen molar-refractivity contribution in [3.63, 3.8) is 0 Å². The molecule has 110 valence electrons. The first-order valence-electron chi connectivity index (χ1n) is 6.97. The Morgan fingerprint density at radius 3 is 2.52 bits per heavy atom. The molecule has 1 amide bonds. The number of hydrogen-bond donors (Lipinski definition) is 2. The van der Waals surface area contributed by atoms with Gasteiger partial charge in [-0.05, 0) is 30.5 Å². The van der Waals surface area contributed by atoms with E-state index in [1.54, 1.807) is 12.1 Å². The Balaban J connectivity index is 1.63. The van der Waals surface area contributed by atoms with E-state index in [1.807, 2.05) is 30.3 Å². The molecular formula is C17H19NO2S. The Hall–Kier alpha value is -1.94. The molecule has 0 fully saturated rings. The molecule has 4 heteroatoms. The number of nitrogens with one attached hydrogen (secondary N) is 1. The molecule has 0 aliphatic rings. The number of thioether (sulfide) groups is 1. The highest BCUT2D eigenvalue weighted by Gasteiger charge is 2.05. The molecule has 0 heterocycles. The first kappa shape index (κ1) is 15.4. The quantitative estimate of drug-likeness (QED) is 0.610. The molecule has 0 atom stereocenters. The van der Waals surface area contributed by atoms with Crippen LogP contribution in [0.5, 0.6) is 5.75 Å². The van der Waals surface area contributed by atoms with Gasteiger partial charge in [0, 0.05) is 11.4 Å². The Bertz CT molecular complexity index is 572. The van der Waals surface area contributed by atoms with Gasteiger partial charge >= 0.3 is 0 Å². The highest BCUT2D eigenvalue weighted by molar-refractivity contribution is 8.00. The van der Waals surface area contributed by atoms with Crippen molar-refractivity contribution in [2.75, 3.05) is 12.3 Å². The van der Waals surface area contributed by atoms with Crippen LogP contribution in [0.15, 0.2) is 59.5 Å². The van der Waals surface area contributed by atoms with Crippen LogP contribution in [0.1, 0.15) is 12.0 Å². The lowest BCUT2D eigenvalue weighted by atomic mass is 10.1. The van der Waals surface area contributed by atoms with Crippen LogP contribution in [0, 0.1) is 0 Å². The summed E-state index contributed by atoms with van der Waals surface area (Å²) < 4.78 is 0. The summed E-state index contributed by atoms with van der Waals surface area (Å²) in [5.74, 6) is 0.541. The molecule has 0 radical (unpaired) electrons. The molecule has 21 heavy (non-hydrogen) atoms. The first-order valence-corrected chi connectivity index (χ1v) is 7.95. The minimum absolute atomic E-state index is 0.00341. The summed E-state index contributed by atoms with van der Waals surface area (Å²) >= 11 is 1.35. The summed E-state index contributed by atoms with van der Waals surface area (Å²) in [7, 11) is 0. The van der Waals surface area contributed by atoms with E-state index < -0.39 is 0 Å². The minimum Gasteiger partial charge on any atom is -0.507 e. The normalized spacial score (nSPS) is 10.3. The number of aromatic hydroxyl groups is 1. The molecule has 3 nitrogen and oxygen atoms in total. The maximum Gasteiger partial charge on any atom is 0.230 e. The van der Waals surface area contributed by atoms with Crippen molar-refractivity contribution < 1.29 is 9.90 Å². The largest absolute Gasteiger partial charge is 0.507 e. The van der Waals surface area contributed by atoms with Gasteiger partial charge in [0.1, 0.15) is 5.75 Å². The van der Waals surface area contributed by atoms with Crippen LogP contribution in [0.25, 0.3) is 0 Å². The predicted molar refractivity (Wildman–Crippen MR) is 86.6 cm³/mol. The van der Waals surface area contributed by atoms with E-state index in [9.17, 15) is 9.90 Å². The fourth-order valence-electron chi connectivity index (χ4n) is 1.94. The number of para-hydroxylation sites is 1. The molecule has 0 bridgehead atoms. The van der Waals surface area contributed by atoms with E-state index >= 15 is 0 Å². The Labute approximate surface area is 129 Å². The number of aryl methyl sites for hydroxylation is 1. The molecule has 2 aromatic rings. The van der Waals surface area contributed by atoms with Crippen molar-refractivity contribution in [3.8, 4) is 5.75 Å². The smallest absolute Gasteiger partial charge is 0.230 e. The van der Waals surface area contributed by atoms with Gasteiger partial charge < -0.3 is 10.4 Å². The summed E-state index contributed by atoms with van der Waals surface area (Å²) in [6.45, 7) is 0.676. The van der Waals surface area contributed by atoms with Crippen LogP contribution in [0.4, 0.5) is 0 Å². The second kappa shape index (κ2) is 8.37. The van der Waals surface area contributed by atoms with E-state index in [-0.39, 0.29) is 11.7 Å². The van der Waals surface area contributed by atoms with Gasteiger partial charge in [0.15, 0.2) is 0 Å². The van der Waals surface area contributed by atoms with Crippen LogP contribution in [-0.4, -0.2) is 23.3 Å². The molecule has 0 unspecified atom stereocenters. The molecule has 0 aliphatic heterocycles. The highest BCUT2D eigenvalue weighted by atomic mass is 32.2. The van der Waals surface area contributed by atoms with Gasteiger partial charge in [0.2, 0.25) is 5.91 Å². The Morgan fingerprint density at radius 1 is 1.05 bits per heavy atom. The number of rotatable bonds is 7. The van der Waals surface area contributed by atoms with E-state index in [4.69, 9.17) is 0 Å². The van der Waals surface area contributed by atoms with Gasteiger partial charge in [-0.15, -0.1) is 11.8 Å². The van der Waals surface area contributed by atoms with Gasteiger partial charge in [-0.3, -0.25) is 4.79 Å². The van der Waals surface area contributed by atoms with E-state index in [0.29, 0.717) is 12.3 Å². The maximum absolute atomic E-state index is 11.7. The number of hydrogen-bond acceptors (Lipinski definition) is 3. The second-order valence-corrected chi connectivity index (χ2v) is 5.71. The van der Waals surface area contributed by atoms with Crippen LogP contribution in [-0.2, 0) is 11.2 Å². The molecular weight excluding hydrogens is 282 g/mol. The molecule has 2 aromatic carbocycles. The molecule has 0 spiro atoms. The third kappa shape index (κ3) is 5.52. The lowest BCUT2D eigenvalue weighted by Gasteiger charge is -2.06. The average molecular weight is 301 g/mol. The fourth-order valence-corrected chi connectivity index (χ4v) is 2.72. The SMILES string of the molecule is O=C(CSc1ccccc1O)NCCCc1ccccc1. The average Bonchev–Trinajstić information content (AvgIpc) is 2.52. The molecule has 0 aliphatic carbocycles. The van der Waals surface area contributed by atoms with Gasteiger partial charge in [-0.1, -0.05) is 42.5 Å². The van der Waals surface area contributed by atoms with E-state index in [2.05, 4.69) is 17.4 Å². The van der Waals surface area contributed by atoms with Crippen molar-refractivity contribution >= 4 is 17.7 Å². The fraction of sp³-hybridized carbons (Fsp3) is 0.235. The lowest BCUT2D eigenvalue weighted by Crippen LogP contribution is -2.26. The minimum atomic E-state index is -0.00341. The second-order valence-electron chi connectivity index (χ2n) is 4.70. The summed E-state index contributed by atoms with van der Waals surface area (Å²) in [5.41, 5.74) is 1.29. The van der Waals surface area contributed by atoms with Crippen LogP contribution >= 0.6 is 11.8 Å². The van der Waals surface area contributed by atoms with E-state index in [1.165, 1.54) is 17.3 Å². The van der Waals surface area contributed by atoms with Gasteiger partial charge in [-0.2, -0.15) is 0 Å². The molecule has 0 saturated heterocycles. The number of phenolic OH excluding ortho intramolecular Hbond substituents is 1. The van der Waals surface area contributed by atoms with Crippen molar-refractivity contribution in [1.29, 1.82) is 0 Å². The van der Waals surface area contributed by atoms with Crippen LogP contribution < -0.4 is 5.32 Å². The van der Waals surface area contributed by atoms with Gasteiger partial charge in [0.25, 0.3) is 0 Å². The number of carbonyl (C=O) groups excluding carboxylic acids is 1. The zero-order chi connectivity index (χ0) is 14.9. The van der Waals surface area contributed by atoms with Gasteiger partial charge in [0.05, 0.1) is 5.75 Å². The third-order valence-corrected chi connectivity index (χ3v) is 4.09. The molecule has 0 saturated carbocycles. The number of amides is 1. The number of carbonyl (C=O) groups is 1. The zero-order valence-corrected chi connectivity index (χ0v) is 12.6. The van der Waals surface area contributed by atoms with Gasteiger partial charge in [-0.25, -0.2) is 0 Å². The van der Waals surface area contributed by atoms with Crippen molar-refractivity contribution in [3.05, 3.63) is 60.2 Å². The standard InChI is InChI=1S/C17H19NO2S/c19-15-10-4-5-11-16(15)21-13-17(20)18-12-6-9-14-7-2-1-3-8-14/h1-5,7-8,10-11,19H,6,9,12-13H2,(H,18,20). The van der Waals surface area contributed by atoms with Crippen LogP contribution in [0.3, 0.4) is 0 Å². The first-order chi connectivity index (χ1) is 10.3. The topological polar surface area (TPSA) is 49.3 Å². The summed E-state index contributed by atoms with van der Waals surface area (Å²) in [6.07, 6.45) is 1.89. The van der Waals surface area contributed by atoms with E-state index in [0.717, 1.165) is 17.7 Å². The van der Waals surface area contributed by atoms with Crippen molar-refractivity contribution in [2.24, 2.45) is 0 Å². The number of benzene rings is 2.